The van der Waals surface area contributed by atoms with Crippen LogP contribution < -0.4 is 10.6 Å². The lowest BCUT2D eigenvalue weighted by molar-refractivity contribution is -0.139. The third-order valence-corrected chi connectivity index (χ3v) is 2.31. The first-order valence-corrected chi connectivity index (χ1v) is 5.95. The lowest BCUT2D eigenvalue weighted by atomic mass is 10.2. The third-order valence-electron chi connectivity index (χ3n) is 1.67. The highest BCUT2D eigenvalue weighted by Crippen LogP contribution is 1.99. The van der Waals surface area contributed by atoms with Crippen molar-refractivity contribution >= 4 is 23.6 Å². The molecule has 0 aromatic rings. The Kier molecular flexibility index (Phi) is 7.46. The van der Waals surface area contributed by atoms with Gasteiger partial charge in [0.15, 0.2) is 0 Å². The minimum atomic E-state index is -0.757. The molecule has 0 radical (unpaired) electrons. The summed E-state index contributed by atoms with van der Waals surface area (Å²) in [6.07, 6.45) is 2.80. The van der Waals surface area contributed by atoms with E-state index in [-0.39, 0.29) is 12.6 Å². The first-order chi connectivity index (χ1) is 7.11. The predicted molar refractivity (Wildman–Crippen MR) is 59.2 cm³/mol. The molecular weight excluding hydrogens is 214 g/mol. The lowest BCUT2D eigenvalue weighted by Crippen LogP contribution is -2.43. The maximum absolute atomic E-state index is 11.2. The van der Waals surface area contributed by atoms with Gasteiger partial charge in [-0.2, -0.15) is 17.0 Å². The van der Waals surface area contributed by atoms with Crippen LogP contribution in [0.15, 0.2) is 0 Å². The maximum Gasteiger partial charge on any atom is 0.310 e. The van der Waals surface area contributed by atoms with Gasteiger partial charge in [-0.25, -0.2) is 0 Å². The largest absolute Gasteiger partial charge is 0.345 e. The average Bonchev–Trinajstić information content (AvgIpc) is 2.22. The Labute approximate surface area is 93.6 Å². The van der Waals surface area contributed by atoms with E-state index in [4.69, 9.17) is 5.26 Å². The van der Waals surface area contributed by atoms with Crippen LogP contribution in [0.3, 0.4) is 0 Å². The molecule has 1 atom stereocenters. The molecule has 0 rings (SSSR count). The Balaban J connectivity index is 3.81. The quantitative estimate of drug-likeness (QED) is 0.509. The molecule has 0 heterocycles. The van der Waals surface area contributed by atoms with Gasteiger partial charge in [-0.3, -0.25) is 9.59 Å². The molecule has 6 heteroatoms. The van der Waals surface area contributed by atoms with E-state index in [1.807, 2.05) is 13.2 Å². The summed E-state index contributed by atoms with van der Waals surface area (Å²) in [6, 6.07) is 1.70. The van der Waals surface area contributed by atoms with Crippen molar-refractivity contribution in [1.82, 2.24) is 10.6 Å². The Hall–Kier alpha value is -1.22. The van der Waals surface area contributed by atoms with E-state index in [2.05, 4.69) is 10.6 Å². The van der Waals surface area contributed by atoms with Gasteiger partial charge in [0, 0.05) is 6.04 Å². The summed E-state index contributed by atoms with van der Waals surface area (Å²) in [5.74, 6) is -0.507. The minimum absolute atomic E-state index is 0.0298. The number of nitriles is 1. The van der Waals surface area contributed by atoms with Gasteiger partial charge in [-0.05, 0) is 25.4 Å². The zero-order valence-electron chi connectivity index (χ0n) is 8.87. The topological polar surface area (TPSA) is 82.0 Å². The van der Waals surface area contributed by atoms with Crippen LogP contribution in [0.25, 0.3) is 0 Å². The van der Waals surface area contributed by atoms with E-state index in [9.17, 15) is 9.59 Å². The van der Waals surface area contributed by atoms with Crippen molar-refractivity contribution in [2.45, 2.75) is 19.4 Å². The SMILES string of the molecule is CSCCC(C)NC(=O)C(=O)NCC#N. The minimum Gasteiger partial charge on any atom is -0.345 e. The van der Waals surface area contributed by atoms with Crippen LogP contribution in [-0.4, -0.2) is 36.4 Å². The van der Waals surface area contributed by atoms with Gasteiger partial charge < -0.3 is 10.6 Å². The van der Waals surface area contributed by atoms with E-state index in [0.29, 0.717) is 0 Å². The summed E-state index contributed by atoms with van der Waals surface area (Å²) in [4.78, 5) is 22.2. The van der Waals surface area contributed by atoms with Crippen molar-refractivity contribution < 1.29 is 9.59 Å². The Morgan fingerprint density at radius 1 is 1.47 bits per heavy atom. The molecule has 1 unspecified atom stereocenters. The van der Waals surface area contributed by atoms with Crippen molar-refractivity contribution in [2.75, 3.05) is 18.6 Å². The molecule has 0 bridgehead atoms. The van der Waals surface area contributed by atoms with Crippen LogP contribution in [-0.2, 0) is 9.59 Å². The molecule has 0 fully saturated rings. The molecule has 0 aliphatic carbocycles. The van der Waals surface area contributed by atoms with Crippen LogP contribution in [0.1, 0.15) is 13.3 Å². The van der Waals surface area contributed by atoms with Gasteiger partial charge in [-0.1, -0.05) is 0 Å². The number of hydrogen-bond donors (Lipinski definition) is 2. The maximum atomic E-state index is 11.2. The summed E-state index contributed by atoms with van der Waals surface area (Å²) in [5, 5.41) is 12.9. The molecule has 84 valence electrons. The van der Waals surface area contributed by atoms with E-state index < -0.39 is 11.8 Å². The number of amides is 2. The number of hydrogen-bond acceptors (Lipinski definition) is 4. The van der Waals surface area contributed by atoms with Gasteiger partial charge >= 0.3 is 11.8 Å². The molecule has 2 N–H and O–H groups in total. The van der Waals surface area contributed by atoms with Crippen molar-refractivity contribution in [3.8, 4) is 6.07 Å². The van der Waals surface area contributed by atoms with Crippen LogP contribution in [0.2, 0.25) is 0 Å². The molecule has 0 aliphatic heterocycles. The number of nitrogens with one attached hydrogen (secondary N) is 2. The molecule has 0 aromatic heterocycles. The fraction of sp³-hybridized carbons (Fsp3) is 0.667. The van der Waals surface area contributed by atoms with Crippen molar-refractivity contribution in [3.05, 3.63) is 0 Å². The number of nitrogens with zero attached hydrogens (tertiary/aromatic N) is 1. The van der Waals surface area contributed by atoms with E-state index in [1.54, 1.807) is 17.8 Å². The number of carbonyl (C=O) groups excluding carboxylic acids is 2. The highest BCUT2D eigenvalue weighted by atomic mass is 32.2. The van der Waals surface area contributed by atoms with Crippen LogP contribution >= 0.6 is 11.8 Å². The third kappa shape index (κ3) is 6.80. The lowest BCUT2D eigenvalue weighted by Gasteiger charge is -2.12. The molecule has 5 nitrogen and oxygen atoms in total. The molecule has 2 amide bonds. The second-order valence-electron chi connectivity index (χ2n) is 3.00. The fourth-order valence-corrected chi connectivity index (χ4v) is 1.45. The van der Waals surface area contributed by atoms with Gasteiger partial charge in [0.25, 0.3) is 0 Å². The smallest absolute Gasteiger partial charge is 0.310 e. The van der Waals surface area contributed by atoms with Crippen molar-refractivity contribution in [3.63, 3.8) is 0 Å². The van der Waals surface area contributed by atoms with Gasteiger partial charge in [0.05, 0.1) is 6.07 Å². The molecular formula is C9H15N3O2S. The Morgan fingerprint density at radius 3 is 2.67 bits per heavy atom. The number of thioether (sulfide) groups is 1. The normalized spacial score (nSPS) is 11.3. The molecule has 0 aliphatic rings. The van der Waals surface area contributed by atoms with Crippen molar-refractivity contribution in [1.29, 1.82) is 5.26 Å². The summed E-state index contributed by atoms with van der Waals surface area (Å²) in [6.45, 7) is 1.69. The zero-order valence-corrected chi connectivity index (χ0v) is 9.69. The van der Waals surface area contributed by atoms with Gasteiger partial charge in [0.2, 0.25) is 0 Å². The standard InChI is InChI=1S/C9H15N3O2S/c1-7(3-6-15-2)12-9(14)8(13)11-5-4-10/h7H,3,5-6H2,1-2H3,(H,11,13)(H,12,14). The second-order valence-corrected chi connectivity index (χ2v) is 3.98. The number of carbonyl (C=O) groups is 2. The summed E-state index contributed by atoms with van der Waals surface area (Å²) in [5.41, 5.74) is 0. The highest BCUT2D eigenvalue weighted by molar-refractivity contribution is 7.98. The summed E-state index contributed by atoms with van der Waals surface area (Å²) < 4.78 is 0. The van der Waals surface area contributed by atoms with Crippen molar-refractivity contribution in [2.24, 2.45) is 0 Å². The fourth-order valence-electron chi connectivity index (χ4n) is 0.856. The summed E-state index contributed by atoms with van der Waals surface area (Å²) in [7, 11) is 0. The molecule has 15 heavy (non-hydrogen) atoms. The highest BCUT2D eigenvalue weighted by Gasteiger charge is 2.14. The zero-order chi connectivity index (χ0) is 11.7. The molecule has 0 spiro atoms. The van der Waals surface area contributed by atoms with E-state index in [0.717, 1.165) is 12.2 Å². The molecule has 0 aromatic carbocycles. The first-order valence-electron chi connectivity index (χ1n) is 4.56. The number of rotatable bonds is 5. The van der Waals surface area contributed by atoms with E-state index in [1.165, 1.54) is 0 Å². The van der Waals surface area contributed by atoms with Gasteiger partial charge in [-0.15, -0.1) is 0 Å². The van der Waals surface area contributed by atoms with Crippen LogP contribution in [0.5, 0.6) is 0 Å². The summed E-state index contributed by atoms with van der Waals surface area (Å²) >= 11 is 1.68. The first kappa shape index (κ1) is 13.8. The van der Waals surface area contributed by atoms with E-state index >= 15 is 0 Å². The predicted octanol–water partition coefficient (Wildman–Crippen LogP) is -0.116. The average molecular weight is 229 g/mol. The Bertz CT molecular complexity index is 263. The molecule has 0 saturated heterocycles. The molecule has 0 saturated carbocycles. The van der Waals surface area contributed by atoms with Crippen LogP contribution in [0, 0.1) is 11.3 Å². The van der Waals surface area contributed by atoms with Crippen LogP contribution in [0.4, 0.5) is 0 Å². The monoisotopic (exact) mass is 229 g/mol. The van der Waals surface area contributed by atoms with Gasteiger partial charge in [0.1, 0.15) is 6.54 Å². The Morgan fingerprint density at radius 2 is 2.13 bits per heavy atom. The second kappa shape index (κ2) is 8.12.